The molecular formula is C29H38N2O6. The Hall–Kier alpha value is -3.20. The van der Waals surface area contributed by atoms with Crippen LogP contribution in [0.15, 0.2) is 53.1 Å². The third-order valence-corrected chi connectivity index (χ3v) is 5.60. The number of nitrogens with one attached hydrogen (secondary N) is 1. The number of carbonyl (C=O) groups excluding carboxylic acids is 1. The van der Waals surface area contributed by atoms with Crippen LogP contribution >= 0.6 is 0 Å². The highest BCUT2D eigenvalue weighted by atomic mass is 16.5. The fraction of sp³-hybridized carbons (Fsp3) is 0.448. The molecule has 2 aromatic carbocycles. The van der Waals surface area contributed by atoms with Crippen molar-refractivity contribution >= 4 is 5.91 Å². The number of hydrogen-bond acceptors (Lipinski definition) is 7. The maximum absolute atomic E-state index is 10.7. The number of amides is 1. The SMILES string of the molecule is CC(=O)NCCOCCOCCOCc1cc(CCCOc2c(C)cc(-c3ccccc3)cc2C)on1. The van der Waals surface area contributed by atoms with Gasteiger partial charge in [0, 0.05) is 26.0 Å². The molecule has 0 atom stereocenters. The van der Waals surface area contributed by atoms with Gasteiger partial charge in [-0.2, -0.15) is 0 Å². The van der Waals surface area contributed by atoms with Gasteiger partial charge in [0.25, 0.3) is 0 Å². The third kappa shape index (κ3) is 10.4. The lowest BCUT2D eigenvalue weighted by Crippen LogP contribution is -2.25. The van der Waals surface area contributed by atoms with Crippen molar-refractivity contribution in [1.29, 1.82) is 0 Å². The molecule has 8 heteroatoms. The average Bonchev–Trinajstić information content (AvgIpc) is 3.34. The van der Waals surface area contributed by atoms with Crippen molar-refractivity contribution in [2.75, 3.05) is 46.2 Å². The van der Waals surface area contributed by atoms with Gasteiger partial charge in [-0.3, -0.25) is 4.79 Å². The van der Waals surface area contributed by atoms with E-state index in [2.05, 4.69) is 60.7 Å². The molecule has 200 valence electrons. The van der Waals surface area contributed by atoms with Crippen LogP contribution in [-0.2, 0) is 32.0 Å². The average molecular weight is 511 g/mol. The Kier molecular flexibility index (Phi) is 12.1. The van der Waals surface area contributed by atoms with Crippen molar-refractivity contribution in [2.45, 2.75) is 40.2 Å². The molecule has 1 amide bonds. The molecule has 8 nitrogen and oxygen atoms in total. The maximum Gasteiger partial charge on any atom is 0.216 e. The standard InChI is InChI=1S/C29H38N2O6/c1-22-18-26(25-8-5-4-6-9-25)19-23(2)29(22)36-12-7-10-28-20-27(31-37-28)21-35-17-16-34-15-14-33-13-11-30-24(3)32/h4-6,8-9,18-20H,7,10-17,21H2,1-3H3,(H,30,32). The van der Waals surface area contributed by atoms with Gasteiger partial charge in [0.1, 0.15) is 17.2 Å². The van der Waals surface area contributed by atoms with E-state index in [1.807, 2.05) is 12.1 Å². The third-order valence-electron chi connectivity index (χ3n) is 5.60. The first-order valence-electron chi connectivity index (χ1n) is 12.7. The molecule has 0 bridgehead atoms. The number of ether oxygens (including phenoxy) is 4. The van der Waals surface area contributed by atoms with Gasteiger partial charge in [0.2, 0.25) is 5.91 Å². The summed E-state index contributed by atoms with van der Waals surface area (Å²) in [5.41, 5.74) is 5.45. The summed E-state index contributed by atoms with van der Waals surface area (Å²) in [4.78, 5) is 10.7. The Morgan fingerprint density at radius 1 is 0.865 bits per heavy atom. The van der Waals surface area contributed by atoms with Crippen LogP contribution in [0.4, 0.5) is 0 Å². The topological polar surface area (TPSA) is 92.1 Å². The van der Waals surface area contributed by atoms with Gasteiger partial charge < -0.3 is 28.8 Å². The number of aromatic nitrogens is 1. The molecule has 0 aliphatic heterocycles. The zero-order chi connectivity index (χ0) is 26.3. The Labute approximate surface area is 219 Å². The van der Waals surface area contributed by atoms with Crippen molar-refractivity contribution < 1.29 is 28.3 Å². The maximum atomic E-state index is 10.7. The first-order valence-corrected chi connectivity index (χ1v) is 12.7. The van der Waals surface area contributed by atoms with Crippen LogP contribution in [0.2, 0.25) is 0 Å². The second kappa shape index (κ2) is 15.8. The largest absolute Gasteiger partial charge is 0.493 e. The number of nitrogens with zero attached hydrogens (tertiary/aromatic N) is 1. The van der Waals surface area contributed by atoms with E-state index in [1.165, 1.54) is 18.1 Å². The molecule has 0 aliphatic carbocycles. The van der Waals surface area contributed by atoms with Crippen LogP contribution in [0.25, 0.3) is 11.1 Å². The highest BCUT2D eigenvalue weighted by molar-refractivity contribution is 5.72. The number of hydrogen-bond donors (Lipinski definition) is 1. The molecule has 37 heavy (non-hydrogen) atoms. The molecule has 1 heterocycles. The van der Waals surface area contributed by atoms with Crippen molar-refractivity contribution in [2.24, 2.45) is 0 Å². The van der Waals surface area contributed by atoms with E-state index in [4.69, 9.17) is 23.5 Å². The Morgan fingerprint density at radius 3 is 2.24 bits per heavy atom. The predicted octanol–water partition coefficient (Wildman–Crippen LogP) is 4.66. The number of aryl methyl sites for hydroxylation is 3. The lowest BCUT2D eigenvalue weighted by Gasteiger charge is -2.14. The summed E-state index contributed by atoms with van der Waals surface area (Å²) in [6.45, 7) is 9.52. The summed E-state index contributed by atoms with van der Waals surface area (Å²) in [6.07, 6.45) is 1.58. The summed E-state index contributed by atoms with van der Waals surface area (Å²) in [5.74, 6) is 1.71. The van der Waals surface area contributed by atoms with Gasteiger partial charge in [0.05, 0.1) is 46.2 Å². The van der Waals surface area contributed by atoms with Crippen LogP contribution in [-0.4, -0.2) is 57.2 Å². The molecule has 0 saturated carbocycles. The summed E-state index contributed by atoms with van der Waals surface area (Å²) >= 11 is 0. The highest BCUT2D eigenvalue weighted by Crippen LogP contribution is 2.30. The lowest BCUT2D eigenvalue weighted by molar-refractivity contribution is -0.119. The fourth-order valence-electron chi connectivity index (χ4n) is 3.85. The molecule has 3 rings (SSSR count). The fourth-order valence-corrected chi connectivity index (χ4v) is 3.85. The van der Waals surface area contributed by atoms with E-state index in [1.54, 1.807) is 0 Å². The van der Waals surface area contributed by atoms with Crippen LogP contribution in [0.5, 0.6) is 5.75 Å². The highest BCUT2D eigenvalue weighted by Gasteiger charge is 2.09. The lowest BCUT2D eigenvalue weighted by atomic mass is 10.00. The minimum Gasteiger partial charge on any atom is -0.493 e. The Bertz CT molecular complexity index is 1060. The summed E-state index contributed by atoms with van der Waals surface area (Å²) < 4.78 is 27.9. The van der Waals surface area contributed by atoms with Gasteiger partial charge in [-0.25, -0.2) is 0 Å². The van der Waals surface area contributed by atoms with Crippen molar-refractivity contribution in [3.63, 3.8) is 0 Å². The number of rotatable bonds is 17. The first-order chi connectivity index (χ1) is 18.0. The normalized spacial score (nSPS) is 11.0. The van der Waals surface area contributed by atoms with E-state index < -0.39 is 0 Å². The predicted molar refractivity (Wildman–Crippen MR) is 142 cm³/mol. The van der Waals surface area contributed by atoms with Crippen LogP contribution in [0.1, 0.15) is 35.9 Å². The van der Waals surface area contributed by atoms with E-state index in [9.17, 15) is 4.79 Å². The van der Waals surface area contributed by atoms with Crippen molar-refractivity contribution in [3.8, 4) is 16.9 Å². The van der Waals surface area contributed by atoms with Crippen molar-refractivity contribution in [3.05, 3.63) is 71.1 Å². The summed E-state index contributed by atoms with van der Waals surface area (Å²) in [7, 11) is 0. The van der Waals surface area contributed by atoms with Crippen molar-refractivity contribution in [1.82, 2.24) is 10.5 Å². The molecule has 0 radical (unpaired) electrons. The van der Waals surface area contributed by atoms with Crippen LogP contribution in [0.3, 0.4) is 0 Å². The molecule has 0 spiro atoms. The monoisotopic (exact) mass is 510 g/mol. The minimum atomic E-state index is -0.0589. The van der Waals surface area contributed by atoms with E-state index in [0.717, 1.165) is 41.2 Å². The zero-order valence-electron chi connectivity index (χ0n) is 22.1. The summed E-state index contributed by atoms with van der Waals surface area (Å²) in [6, 6.07) is 16.7. The second-order valence-corrected chi connectivity index (χ2v) is 8.80. The van der Waals surface area contributed by atoms with E-state index >= 15 is 0 Å². The molecule has 1 aromatic heterocycles. The van der Waals surface area contributed by atoms with E-state index in [0.29, 0.717) is 52.8 Å². The minimum absolute atomic E-state index is 0.0589. The van der Waals surface area contributed by atoms with Gasteiger partial charge >= 0.3 is 0 Å². The second-order valence-electron chi connectivity index (χ2n) is 8.80. The Morgan fingerprint density at radius 2 is 1.54 bits per heavy atom. The molecule has 0 aliphatic rings. The molecular weight excluding hydrogens is 472 g/mol. The van der Waals surface area contributed by atoms with Crippen LogP contribution < -0.4 is 10.1 Å². The molecule has 3 aromatic rings. The molecule has 0 fully saturated rings. The molecule has 1 N–H and O–H groups in total. The quantitative estimate of drug-likeness (QED) is 0.264. The molecule has 0 saturated heterocycles. The van der Waals surface area contributed by atoms with E-state index in [-0.39, 0.29) is 5.91 Å². The summed E-state index contributed by atoms with van der Waals surface area (Å²) in [5, 5.41) is 6.74. The number of benzene rings is 2. The van der Waals surface area contributed by atoms with Gasteiger partial charge in [0.15, 0.2) is 0 Å². The van der Waals surface area contributed by atoms with Gasteiger partial charge in [-0.05, 0) is 54.7 Å². The molecule has 0 unspecified atom stereocenters. The van der Waals surface area contributed by atoms with Gasteiger partial charge in [-0.1, -0.05) is 35.5 Å². The number of carbonyl (C=O) groups is 1. The van der Waals surface area contributed by atoms with Gasteiger partial charge in [-0.15, -0.1) is 0 Å². The zero-order valence-corrected chi connectivity index (χ0v) is 22.1. The Balaban J connectivity index is 1.26. The van der Waals surface area contributed by atoms with Crippen LogP contribution in [0, 0.1) is 13.8 Å². The smallest absolute Gasteiger partial charge is 0.216 e. The first kappa shape index (κ1) is 28.4.